The van der Waals surface area contributed by atoms with Crippen molar-refractivity contribution in [1.29, 1.82) is 0 Å². The molecule has 0 aliphatic heterocycles. The molecule has 0 saturated heterocycles. The monoisotopic (exact) mass is 343 g/mol. The van der Waals surface area contributed by atoms with Crippen LogP contribution >= 0.6 is 21.6 Å². The Bertz CT molecular complexity index is 488. The van der Waals surface area contributed by atoms with Gasteiger partial charge in [-0.2, -0.15) is 0 Å². The van der Waals surface area contributed by atoms with Gasteiger partial charge in [-0.25, -0.2) is 9.59 Å². The van der Waals surface area contributed by atoms with E-state index in [1.54, 1.807) is 20.8 Å². The average Bonchev–Trinajstić information content (AvgIpc) is 2.44. The van der Waals surface area contributed by atoms with Crippen molar-refractivity contribution in [3.63, 3.8) is 0 Å². The van der Waals surface area contributed by atoms with Gasteiger partial charge >= 0.3 is 12.1 Å². The largest absolute Gasteiger partial charge is 0.467 e. The van der Waals surface area contributed by atoms with Crippen LogP contribution in [0.1, 0.15) is 20.8 Å². The van der Waals surface area contributed by atoms with Crippen molar-refractivity contribution in [2.45, 2.75) is 37.3 Å². The molecule has 0 saturated carbocycles. The van der Waals surface area contributed by atoms with Gasteiger partial charge in [0.2, 0.25) is 0 Å². The van der Waals surface area contributed by atoms with Gasteiger partial charge in [-0.3, -0.25) is 0 Å². The van der Waals surface area contributed by atoms with E-state index in [1.165, 1.54) is 28.7 Å². The predicted molar refractivity (Wildman–Crippen MR) is 89.9 cm³/mol. The maximum absolute atomic E-state index is 11.8. The molecular weight excluding hydrogens is 322 g/mol. The summed E-state index contributed by atoms with van der Waals surface area (Å²) >= 11 is 0. The SMILES string of the molecule is COC(=O)[C@H](CSSc1ccccc1)NC(=O)OC(C)(C)C. The van der Waals surface area contributed by atoms with Gasteiger partial charge in [0.05, 0.1) is 7.11 Å². The van der Waals surface area contributed by atoms with Crippen LogP contribution in [0.15, 0.2) is 35.2 Å². The summed E-state index contributed by atoms with van der Waals surface area (Å²) in [4.78, 5) is 24.6. The van der Waals surface area contributed by atoms with Gasteiger partial charge in [0.1, 0.15) is 11.6 Å². The van der Waals surface area contributed by atoms with Gasteiger partial charge < -0.3 is 14.8 Å². The van der Waals surface area contributed by atoms with Crippen LogP contribution in [-0.4, -0.2) is 36.6 Å². The Kier molecular flexibility index (Phi) is 7.61. The molecule has 7 heteroatoms. The van der Waals surface area contributed by atoms with Crippen LogP contribution in [0.4, 0.5) is 4.79 Å². The fourth-order valence-electron chi connectivity index (χ4n) is 1.41. The van der Waals surface area contributed by atoms with Crippen molar-refractivity contribution < 1.29 is 19.1 Å². The third-order valence-electron chi connectivity index (χ3n) is 2.31. The molecule has 1 aromatic carbocycles. The number of alkyl carbamates (subject to hydrolysis) is 1. The molecule has 0 aliphatic carbocycles. The lowest BCUT2D eigenvalue weighted by molar-refractivity contribution is -0.142. The number of benzene rings is 1. The van der Waals surface area contributed by atoms with Gasteiger partial charge in [0, 0.05) is 10.6 Å². The van der Waals surface area contributed by atoms with Crippen LogP contribution in [0.3, 0.4) is 0 Å². The number of amides is 1. The summed E-state index contributed by atoms with van der Waals surface area (Å²) in [5.41, 5.74) is -0.614. The van der Waals surface area contributed by atoms with Crippen LogP contribution in [0, 0.1) is 0 Å². The lowest BCUT2D eigenvalue weighted by Crippen LogP contribution is -2.45. The lowest BCUT2D eigenvalue weighted by Gasteiger charge is -2.22. The highest BCUT2D eigenvalue weighted by Gasteiger charge is 2.25. The van der Waals surface area contributed by atoms with Crippen LogP contribution in [-0.2, 0) is 14.3 Å². The molecule has 1 amide bonds. The Labute approximate surface area is 138 Å². The Balaban J connectivity index is 2.50. The molecule has 1 N–H and O–H groups in total. The fourth-order valence-corrected chi connectivity index (χ4v) is 3.59. The molecule has 0 radical (unpaired) electrons. The van der Waals surface area contributed by atoms with Crippen molar-refractivity contribution in [1.82, 2.24) is 5.32 Å². The minimum Gasteiger partial charge on any atom is -0.467 e. The molecule has 1 rings (SSSR count). The Morgan fingerprint density at radius 3 is 2.41 bits per heavy atom. The van der Waals surface area contributed by atoms with Crippen molar-refractivity contribution in [2.75, 3.05) is 12.9 Å². The molecule has 0 spiro atoms. The zero-order valence-electron chi connectivity index (χ0n) is 13.1. The van der Waals surface area contributed by atoms with Crippen molar-refractivity contribution in [2.24, 2.45) is 0 Å². The average molecular weight is 343 g/mol. The van der Waals surface area contributed by atoms with Crippen LogP contribution in [0.25, 0.3) is 0 Å². The maximum atomic E-state index is 11.8. The molecule has 0 bridgehead atoms. The molecule has 122 valence electrons. The van der Waals surface area contributed by atoms with Crippen molar-refractivity contribution in [3.8, 4) is 0 Å². The first kappa shape index (κ1) is 18.7. The first-order chi connectivity index (χ1) is 10.3. The number of carbonyl (C=O) groups is 2. The number of carbonyl (C=O) groups excluding carboxylic acids is 2. The van der Waals surface area contributed by atoms with Gasteiger partial charge in [-0.15, -0.1) is 0 Å². The lowest BCUT2D eigenvalue weighted by atomic mass is 10.2. The Hall–Kier alpha value is -1.34. The third kappa shape index (κ3) is 7.61. The van der Waals surface area contributed by atoms with E-state index in [0.717, 1.165) is 4.90 Å². The summed E-state index contributed by atoms with van der Waals surface area (Å²) in [5, 5.41) is 2.54. The number of hydrogen-bond donors (Lipinski definition) is 1. The summed E-state index contributed by atoms with van der Waals surface area (Å²) in [6.45, 7) is 5.29. The van der Waals surface area contributed by atoms with E-state index in [-0.39, 0.29) is 0 Å². The van der Waals surface area contributed by atoms with Gasteiger partial charge in [0.15, 0.2) is 0 Å². The zero-order chi connectivity index (χ0) is 16.6. The predicted octanol–water partition coefficient (Wildman–Crippen LogP) is 3.49. The molecule has 0 aromatic heterocycles. The molecule has 5 nitrogen and oxygen atoms in total. The first-order valence-electron chi connectivity index (χ1n) is 6.73. The summed E-state index contributed by atoms with van der Waals surface area (Å²) in [7, 11) is 4.29. The molecule has 0 heterocycles. The number of methoxy groups -OCH3 is 1. The van der Waals surface area contributed by atoms with E-state index in [0.29, 0.717) is 5.75 Å². The fraction of sp³-hybridized carbons (Fsp3) is 0.467. The summed E-state index contributed by atoms with van der Waals surface area (Å²) in [6, 6.07) is 9.04. The van der Waals surface area contributed by atoms with E-state index in [9.17, 15) is 9.59 Å². The highest BCUT2D eigenvalue weighted by molar-refractivity contribution is 8.76. The second-order valence-electron chi connectivity index (χ2n) is 5.40. The second-order valence-corrected chi connectivity index (χ2v) is 7.82. The number of nitrogens with one attached hydrogen (secondary N) is 1. The number of hydrogen-bond acceptors (Lipinski definition) is 6. The van der Waals surface area contributed by atoms with E-state index >= 15 is 0 Å². The summed E-state index contributed by atoms with van der Waals surface area (Å²) < 4.78 is 9.87. The van der Waals surface area contributed by atoms with E-state index in [2.05, 4.69) is 5.32 Å². The van der Waals surface area contributed by atoms with Crippen molar-refractivity contribution >= 4 is 33.7 Å². The van der Waals surface area contributed by atoms with Crippen LogP contribution in [0.5, 0.6) is 0 Å². The smallest absolute Gasteiger partial charge is 0.408 e. The summed E-state index contributed by atoms with van der Waals surface area (Å²) in [5.74, 6) is -0.113. The highest BCUT2D eigenvalue weighted by atomic mass is 33.1. The van der Waals surface area contributed by atoms with Crippen LogP contribution in [0.2, 0.25) is 0 Å². The Morgan fingerprint density at radius 1 is 1.23 bits per heavy atom. The standard InChI is InChI=1S/C15H21NO4S2/c1-15(2,3)20-14(18)16-12(13(17)19-4)10-21-22-11-8-6-5-7-9-11/h5-9,12H,10H2,1-4H3,(H,16,18)/t12-/m0/s1. The Morgan fingerprint density at radius 2 is 1.86 bits per heavy atom. The normalized spacial score (nSPS) is 12.4. The second kappa shape index (κ2) is 8.95. The van der Waals surface area contributed by atoms with Gasteiger partial charge in [-0.05, 0) is 32.9 Å². The molecule has 0 unspecified atom stereocenters. The maximum Gasteiger partial charge on any atom is 0.408 e. The minimum atomic E-state index is -0.749. The molecular formula is C15H21NO4S2. The molecule has 22 heavy (non-hydrogen) atoms. The van der Waals surface area contributed by atoms with Crippen molar-refractivity contribution in [3.05, 3.63) is 30.3 Å². The number of esters is 1. The molecule has 1 atom stereocenters. The zero-order valence-corrected chi connectivity index (χ0v) is 14.8. The highest BCUT2D eigenvalue weighted by Crippen LogP contribution is 2.31. The molecule has 0 aliphatic rings. The van der Waals surface area contributed by atoms with E-state index in [4.69, 9.17) is 9.47 Å². The minimum absolute atomic E-state index is 0.380. The number of rotatable bonds is 6. The molecule has 0 fully saturated rings. The van der Waals surface area contributed by atoms with Gasteiger partial charge in [0.25, 0.3) is 0 Å². The van der Waals surface area contributed by atoms with Crippen LogP contribution < -0.4 is 5.32 Å². The van der Waals surface area contributed by atoms with E-state index in [1.807, 2.05) is 30.3 Å². The summed E-state index contributed by atoms with van der Waals surface area (Å²) in [6.07, 6.45) is -0.631. The first-order valence-corrected chi connectivity index (χ1v) is 9.05. The quantitative estimate of drug-likeness (QED) is 0.630. The van der Waals surface area contributed by atoms with E-state index < -0.39 is 23.7 Å². The molecule has 1 aromatic rings. The number of ether oxygens (including phenoxy) is 2. The van der Waals surface area contributed by atoms with Gasteiger partial charge in [-0.1, -0.05) is 39.8 Å². The third-order valence-corrected chi connectivity index (χ3v) is 4.70. The topological polar surface area (TPSA) is 64.6 Å².